The molecule has 3 unspecified atom stereocenters. The van der Waals surface area contributed by atoms with Gasteiger partial charge in [-0.25, -0.2) is 0 Å². The van der Waals surface area contributed by atoms with E-state index in [1.54, 1.807) is 0 Å². The van der Waals surface area contributed by atoms with Crippen LogP contribution in [0.25, 0.3) is 0 Å². The standard InChI is InChI=1S/C20H40/c1-8-12-13-14-17-15-18(17)20(10-3,11-4)16(5)19(6,7)9-2/h16-18H,8-15H2,1-7H3. The molecule has 0 saturated heterocycles. The Bertz CT molecular complexity index is 272. The van der Waals surface area contributed by atoms with Crippen LogP contribution in [0.3, 0.4) is 0 Å². The fraction of sp³-hybridized carbons (Fsp3) is 1.00. The van der Waals surface area contributed by atoms with Crippen LogP contribution in [0.15, 0.2) is 0 Å². The Morgan fingerprint density at radius 1 is 0.950 bits per heavy atom. The summed E-state index contributed by atoms with van der Waals surface area (Å²) < 4.78 is 0. The predicted octanol–water partition coefficient (Wildman–Crippen LogP) is 7.08. The third-order valence-electron chi connectivity index (χ3n) is 7.10. The molecule has 1 aliphatic rings. The van der Waals surface area contributed by atoms with Gasteiger partial charge in [0.2, 0.25) is 0 Å². The van der Waals surface area contributed by atoms with E-state index in [-0.39, 0.29) is 0 Å². The fourth-order valence-corrected chi connectivity index (χ4v) is 4.72. The molecule has 1 fully saturated rings. The van der Waals surface area contributed by atoms with Gasteiger partial charge in [-0.05, 0) is 47.8 Å². The Morgan fingerprint density at radius 2 is 1.55 bits per heavy atom. The topological polar surface area (TPSA) is 0 Å². The first-order chi connectivity index (χ1) is 9.39. The second-order valence-electron chi connectivity index (χ2n) is 8.10. The number of unbranched alkanes of at least 4 members (excludes halogenated alkanes) is 2. The van der Waals surface area contributed by atoms with Gasteiger partial charge in [-0.1, -0.05) is 80.6 Å². The van der Waals surface area contributed by atoms with Crippen molar-refractivity contribution in [1.82, 2.24) is 0 Å². The highest BCUT2D eigenvalue weighted by Crippen LogP contribution is 2.62. The highest BCUT2D eigenvalue weighted by Gasteiger charge is 2.54. The molecule has 0 amide bonds. The Kier molecular flexibility index (Phi) is 6.61. The summed E-state index contributed by atoms with van der Waals surface area (Å²) in [6, 6.07) is 0. The molecule has 0 radical (unpaired) electrons. The second-order valence-corrected chi connectivity index (χ2v) is 8.10. The van der Waals surface area contributed by atoms with Gasteiger partial charge in [-0.15, -0.1) is 0 Å². The summed E-state index contributed by atoms with van der Waals surface area (Å²) >= 11 is 0. The Labute approximate surface area is 129 Å². The molecule has 3 atom stereocenters. The molecule has 0 aromatic rings. The molecule has 0 heteroatoms. The monoisotopic (exact) mass is 280 g/mol. The van der Waals surface area contributed by atoms with Crippen molar-refractivity contribution < 1.29 is 0 Å². The van der Waals surface area contributed by atoms with Crippen molar-refractivity contribution >= 4 is 0 Å². The summed E-state index contributed by atoms with van der Waals surface area (Å²) in [6.07, 6.45) is 11.4. The third-order valence-corrected chi connectivity index (χ3v) is 7.10. The molecule has 0 heterocycles. The van der Waals surface area contributed by atoms with E-state index >= 15 is 0 Å². The van der Waals surface area contributed by atoms with Crippen molar-refractivity contribution in [3.05, 3.63) is 0 Å². The van der Waals surface area contributed by atoms with Gasteiger partial charge in [0.25, 0.3) is 0 Å². The minimum Gasteiger partial charge on any atom is -0.0654 e. The number of rotatable bonds is 10. The molecule has 0 N–H and O–H groups in total. The summed E-state index contributed by atoms with van der Waals surface area (Å²) in [5.74, 6) is 2.92. The smallest absolute Gasteiger partial charge is 0.0241 e. The van der Waals surface area contributed by atoms with Crippen LogP contribution >= 0.6 is 0 Å². The summed E-state index contributed by atoms with van der Waals surface area (Å²) in [6.45, 7) is 17.1. The zero-order valence-electron chi connectivity index (χ0n) is 15.4. The lowest BCUT2D eigenvalue weighted by Crippen LogP contribution is -2.39. The molecule has 0 aliphatic heterocycles. The van der Waals surface area contributed by atoms with E-state index in [1.165, 1.54) is 51.4 Å². The average molecular weight is 281 g/mol. The summed E-state index contributed by atoms with van der Waals surface area (Å²) in [7, 11) is 0. The van der Waals surface area contributed by atoms with Crippen LogP contribution in [0.5, 0.6) is 0 Å². The van der Waals surface area contributed by atoms with Gasteiger partial charge in [0, 0.05) is 0 Å². The van der Waals surface area contributed by atoms with Crippen LogP contribution in [0, 0.1) is 28.6 Å². The summed E-state index contributed by atoms with van der Waals surface area (Å²) in [5.41, 5.74) is 1.10. The van der Waals surface area contributed by atoms with E-state index in [0.717, 1.165) is 17.8 Å². The first-order valence-electron chi connectivity index (χ1n) is 9.39. The maximum absolute atomic E-state index is 2.55. The van der Waals surface area contributed by atoms with Crippen LogP contribution in [0.1, 0.15) is 99.8 Å². The lowest BCUT2D eigenvalue weighted by molar-refractivity contribution is 0.0207. The highest BCUT2D eigenvalue weighted by atomic mass is 14.6. The number of hydrogen-bond acceptors (Lipinski definition) is 0. The zero-order chi connectivity index (χ0) is 15.4. The van der Waals surface area contributed by atoms with Crippen LogP contribution in [0.2, 0.25) is 0 Å². The molecular weight excluding hydrogens is 240 g/mol. The van der Waals surface area contributed by atoms with Gasteiger partial charge in [0.1, 0.15) is 0 Å². The minimum atomic E-state index is 0.489. The Hall–Kier alpha value is 0. The molecule has 0 nitrogen and oxygen atoms in total. The molecule has 0 aromatic carbocycles. The lowest BCUT2D eigenvalue weighted by atomic mass is 9.58. The second kappa shape index (κ2) is 7.32. The third kappa shape index (κ3) is 3.60. The van der Waals surface area contributed by atoms with Gasteiger partial charge in [0.05, 0.1) is 0 Å². The molecule has 0 aromatic heterocycles. The summed E-state index contributed by atoms with van der Waals surface area (Å²) in [4.78, 5) is 0. The first-order valence-corrected chi connectivity index (χ1v) is 9.39. The van der Waals surface area contributed by atoms with Gasteiger partial charge < -0.3 is 0 Å². The normalized spacial score (nSPS) is 24.8. The fourth-order valence-electron chi connectivity index (χ4n) is 4.72. The quantitative estimate of drug-likeness (QED) is 0.375. The molecule has 1 aliphatic carbocycles. The van der Waals surface area contributed by atoms with Crippen molar-refractivity contribution in [2.45, 2.75) is 99.8 Å². The van der Waals surface area contributed by atoms with Crippen molar-refractivity contribution in [1.29, 1.82) is 0 Å². The van der Waals surface area contributed by atoms with Crippen LogP contribution < -0.4 is 0 Å². The van der Waals surface area contributed by atoms with E-state index < -0.39 is 0 Å². The van der Waals surface area contributed by atoms with E-state index in [4.69, 9.17) is 0 Å². The molecule has 0 bridgehead atoms. The number of hydrogen-bond donors (Lipinski definition) is 0. The largest absolute Gasteiger partial charge is 0.0654 e. The molecule has 20 heavy (non-hydrogen) atoms. The lowest BCUT2D eigenvalue weighted by Gasteiger charge is -2.47. The minimum absolute atomic E-state index is 0.489. The Morgan fingerprint density at radius 3 is 2.00 bits per heavy atom. The molecule has 0 spiro atoms. The van der Waals surface area contributed by atoms with Crippen LogP contribution in [0.4, 0.5) is 0 Å². The maximum atomic E-state index is 2.55. The van der Waals surface area contributed by atoms with Gasteiger partial charge in [-0.3, -0.25) is 0 Å². The van der Waals surface area contributed by atoms with Crippen LogP contribution in [-0.2, 0) is 0 Å². The van der Waals surface area contributed by atoms with E-state index in [9.17, 15) is 0 Å². The molecule has 120 valence electrons. The van der Waals surface area contributed by atoms with Gasteiger partial charge in [-0.2, -0.15) is 0 Å². The van der Waals surface area contributed by atoms with Crippen molar-refractivity contribution in [2.24, 2.45) is 28.6 Å². The van der Waals surface area contributed by atoms with Crippen molar-refractivity contribution in [2.75, 3.05) is 0 Å². The van der Waals surface area contributed by atoms with E-state index in [2.05, 4.69) is 48.5 Å². The SMILES string of the molecule is CCCCCC1CC1C(CC)(CC)C(C)C(C)(C)CC. The molecule has 1 saturated carbocycles. The van der Waals surface area contributed by atoms with Gasteiger partial charge in [0.15, 0.2) is 0 Å². The molecule has 1 rings (SSSR count). The van der Waals surface area contributed by atoms with Crippen LogP contribution in [-0.4, -0.2) is 0 Å². The van der Waals surface area contributed by atoms with E-state index in [0.29, 0.717) is 10.8 Å². The van der Waals surface area contributed by atoms with Gasteiger partial charge >= 0.3 is 0 Å². The first kappa shape index (κ1) is 18.1. The average Bonchev–Trinajstić information content (AvgIpc) is 3.21. The summed E-state index contributed by atoms with van der Waals surface area (Å²) in [5, 5.41) is 0. The van der Waals surface area contributed by atoms with Crippen molar-refractivity contribution in [3.8, 4) is 0 Å². The maximum Gasteiger partial charge on any atom is -0.0241 e. The molecular formula is C20H40. The van der Waals surface area contributed by atoms with E-state index in [1.807, 2.05) is 0 Å². The predicted molar refractivity (Wildman–Crippen MR) is 92.0 cm³/mol. The highest BCUT2D eigenvalue weighted by molar-refractivity contribution is 5.03. The Balaban J connectivity index is 2.74. The van der Waals surface area contributed by atoms with Crippen molar-refractivity contribution in [3.63, 3.8) is 0 Å². The zero-order valence-corrected chi connectivity index (χ0v) is 15.4.